The Kier molecular flexibility index (Phi) is 3.54. The Morgan fingerprint density at radius 3 is 2.50 bits per heavy atom. The maximum atomic E-state index is 11.3. The standard InChI is InChI=1S/C13H13NO5S/c1-8-3-4-9(7-10(8)14-20(2,17)18)11-5-6-12(19-11)13(15)16/h3-7,14H,1-2H3,(H,15,16). The average Bonchev–Trinajstić information content (AvgIpc) is 2.79. The van der Waals surface area contributed by atoms with E-state index in [1.54, 1.807) is 25.1 Å². The van der Waals surface area contributed by atoms with Gasteiger partial charge < -0.3 is 9.52 Å². The number of carboxylic acids is 1. The molecule has 0 unspecified atom stereocenters. The fourth-order valence-electron chi connectivity index (χ4n) is 1.69. The maximum absolute atomic E-state index is 11.3. The van der Waals surface area contributed by atoms with Crippen LogP contribution in [-0.4, -0.2) is 25.7 Å². The first kappa shape index (κ1) is 14.1. The molecular weight excluding hydrogens is 282 g/mol. The molecule has 20 heavy (non-hydrogen) atoms. The molecule has 0 radical (unpaired) electrons. The minimum absolute atomic E-state index is 0.168. The Hall–Kier alpha value is -2.28. The summed E-state index contributed by atoms with van der Waals surface area (Å²) in [7, 11) is -3.38. The highest BCUT2D eigenvalue weighted by molar-refractivity contribution is 7.92. The summed E-state index contributed by atoms with van der Waals surface area (Å²) in [6, 6.07) is 7.93. The second-order valence-corrected chi connectivity index (χ2v) is 6.12. The zero-order chi connectivity index (χ0) is 14.9. The number of sulfonamides is 1. The zero-order valence-corrected chi connectivity index (χ0v) is 11.7. The molecule has 2 rings (SSSR count). The van der Waals surface area contributed by atoms with Crippen molar-refractivity contribution in [2.45, 2.75) is 6.92 Å². The minimum Gasteiger partial charge on any atom is -0.475 e. The molecule has 2 N–H and O–H groups in total. The van der Waals surface area contributed by atoms with E-state index in [1.807, 2.05) is 0 Å². The number of furan rings is 1. The van der Waals surface area contributed by atoms with Gasteiger partial charge in [-0.05, 0) is 30.7 Å². The number of aryl methyl sites for hydroxylation is 1. The number of benzene rings is 1. The van der Waals surface area contributed by atoms with Gasteiger partial charge in [0, 0.05) is 5.56 Å². The molecule has 0 saturated carbocycles. The molecule has 0 aliphatic heterocycles. The van der Waals surface area contributed by atoms with Gasteiger partial charge in [-0.1, -0.05) is 12.1 Å². The van der Waals surface area contributed by atoms with Crippen LogP contribution in [0.1, 0.15) is 16.1 Å². The quantitative estimate of drug-likeness (QED) is 0.902. The zero-order valence-electron chi connectivity index (χ0n) is 10.9. The van der Waals surface area contributed by atoms with Crippen LogP contribution in [0.15, 0.2) is 34.7 Å². The number of carbonyl (C=O) groups is 1. The Morgan fingerprint density at radius 1 is 1.25 bits per heavy atom. The number of hydrogen-bond donors (Lipinski definition) is 2. The molecule has 106 valence electrons. The van der Waals surface area contributed by atoms with Gasteiger partial charge in [-0.15, -0.1) is 0 Å². The third-order valence-electron chi connectivity index (χ3n) is 2.63. The van der Waals surface area contributed by atoms with Crippen molar-refractivity contribution >= 4 is 21.7 Å². The number of carboxylic acid groups (broad SMARTS) is 1. The van der Waals surface area contributed by atoms with Crippen LogP contribution < -0.4 is 4.72 Å². The van der Waals surface area contributed by atoms with Crippen molar-refractivity contribution in [2.24, 2.45) is 0 Å². The molecule has 7 heteroatoms. The fourth-order valence-corrected chi connectivity index (χ4v) is 2.31. The number of aromatic carboxylic acids is 1. The third kappa shape index (κ3) is 3.18. The van der Waals surface area contributed by atoms with Crippen molar-refractivity contribution in [1.29, 1.82) is 0 Å². The Morgan fingerprint density at radius 2 is 1.95 bits per heavy atom. The Bertz CT molecular complexity index is 761. The summed E-state index contributed by atoms with van der Waals surface area (Å²) in [6.07, 6.45) is 1.06. The highest BCUT2D eigenvalue weighted by Crippen LogP contribution is 2.27. The second-order valence-electron chi connectivity index (χ2n) is 4.37. The number of hydrogen-bond acceptors (Lipinski definition) is 4. The summed E-state index contributed by atoms with van der Waals surface area (Å²) in [5.74, 6) is -0.963. The summed E-state index contributed by atoms with van der Waals surface area (Å²) in [6.45, 7) is 1.77. The van der Waals surface area contributed by atoms with E-state index in [1.165, 1.54) is 12.1 Å². The van der Waals surface area contributed by atoms with E-state index in [0.717, 1.165) is 11.8 Å². The molecule has 1 heterocycles. The Labute approximate surface area is 116 Å². The lowest BCUT2D eigenvalue weighted by molar-refractivity contribution is 0.0663. The topological polar surface area (TPSA) is 96.6 Å². The van der Waals surface area contributed by atoms with Crippen molar-refractivity contribution in [3.8, 4) is 11.3 Å². The van der Waals surface area contributed by atoms with Gasteiger partial charge in [0.15, 0.2) is 0 Å². The van der Waals surface area contributed by atoms with Gasteiger partial charge >= 0.3 is 5.97 Å². The van der Waals surface area contributed by atoms with E-state index in [0.29, 0.717) is 17.0 Å². The van der Waals surface area contributed by atoms with Gasteiger partial charge in [-0.25, -0.2) is 13.2 Å². The molecule has 0 aliphatic rings. The van der Waals surface area contributed by atoms with E-state index >= 15 is 0 Å². The van der Waals surface area contributed by atoms with Crippen molar-refractivity contribution < 1.29 is 22.7 Å². The second kappa shape index (κ2) is 5.01. The SMILES string of the molecule is Cc1ccc(-c2ccc(C(=O)O)o2)cc1NS(C)(=O)=O. The summed E-state index contributed by atoms with van der Waals surface area (Å²) in [4.78, 5) is 10.8. The molecule has 0 saturated heterocycles. The number of rotatable bonds is 4. The van der Waals surface area contributed by atoms with E-state index < -0.39 is 16.0 Å². The maximum Gasteiger partial charge on any atom is 0.371 e. The molecule has 0 atom stereocenters. The first-order valence-electron chi connectivity index (χ1n) is 5.68. The van der Waals surface area contributed by atoms with Crippen LogP contribution in [0.5, 0.6) is 0 Å². The fraction of sp³-hybridized carbons (Fsp3) is 0.154. The van der Waals surface area contributed by atoms with Crippen molar-refractivity contribution in [3.63, 3.8) is 0 Å². The molecule has 0 spiro atoms. The van der Waals surface area contributed by atoms with Gasteiger partial charge in [0.05, 0.1) is 11.9 Å². The monoisotopic (exact) mass is 295 g/mol. The van der Waals surface area contributed by atoms with Gasteiger partial charge in [0.2, 0.25) is 15.8 Å². The molecule has 2 aromatic rings. The predicted molar refractivity (Wildman–Crippen MR) is 74.3 cm³/mol. The molecule has 0 bridgehead atoms. The summed E-state index contributed by atoms with van der Waals surface area (Å²) < 4.78 is 30.1. The number of anilines is 1. The van der Waals surface area contributed by atoms with E-state index in [4.69, 9.17) is 9.52 Å². The van der Waals surface area contributed by atoms with Gasteiger partial charge in [0.1, 0.15) is 5.76 Å². The predicted octanol–water partition coefficient (Wildman–Crippen LogP) is 2.32. The van der Waals surface area contributed by atoms with Gasteiger partial charge in [-0.2, -0.15) is 0 Å². The average molecular weight is 295 g/mol. The van der Waals surface area contributed by atoms with Crippen LogP contribution >= 0.6 is 0 Å². The molecule has 0 aliphatic carbocycles. The van der Waals surface area contributed by atoms with Crippen molar-refractivity contribution in [3.05, 3.63) is 41.7 Å². The van der Waals surface area contributed by atoms with E-state index in [9.17, 15) is 13.2 Å². The normalized spacial score (nSPS) is 11.3. The summed E-state index contributed by atoms with van der Waals surface area (Å²) >= 11 is 0. The van der Waals surface area contributed by atoms with Crippen molar-refractivity contribution in [1.82, 2.24) is 0 Å². The van der Waals surface area contributed by atoms with Crippen LogP contribution in [0.4, 0.5) is 5.69 Å². The molecule has 0 amide bonds. The largest absolute Gasteiger partial charge is 0.475 e. The van der Waals surface area contributed by atoms with Crippen LogP contribution in [-0.2, 0) is 10.0 Å². The molecular formula is C13H13NO5S. The highest BCUT2D eigenvalue weighted by atomic mass is 32.2. The Balaban J connectivity index is 2.42. The van der Waals surface area contributed by atoms with Crippen LogP contribution in [0.25, 0.3) is 11.3 Å². The van der Waals surface area contributed by atoms with Crippen molar-refractivity contribution in [2.75, 3.05) is 11.0 Å². The summed E-state index contributed by atoms with van der Waals surface area (Å²) in [5, 5.41) is 8.81. The highest BCUT2D eigenvalue weighted by Gasteiger charge is 2.12. The lowest BCUT2D eigenvalue weighted by atomic mass is 10.1. The van der Waals surface area contributed by atoms with E-state index in [2.05, 4.69) is 4.72 Å². The molecule has 1 aromatic carbocycles. The third-order valence-corrected chi connectivity index (χ3v) is 3.22. The first-order chi connectivity index (χ1) is 9.26. The molecule has 6 nitrogen and oxygen atoms in total. The smallest absolute Gasteiger partial charge is 0.371 e. The van der Waals surface area contributed by atoms with Crippen LogP contribution in [0.2, 0.25) is 0 Å². The molecule has 1 aromatic heterocycles. The lowest BCUT2D eigenvalue weighted by Crippen LogP contribution is -2.10. The van der Waals surface area contributed by atoms with E-state index in [-0.39, 0.29) is 5.76 Å². The number of nitrogens with one attached hydrogen (secondary N) is 1. The van der Waals surface area contributed by atoms with Crippen LogP contribution in [0, 0.1) is 6.92 Å². The van der Waals surface area contributed by atoms with Gasteiger partial charge in [0.25, 0.3) is 0 Å². The minimum atomic E-state index is -3.38. The molecule has 0 fully saturated rings. The van der Waals surface area contributed by atoms with Crippen LogP contribution in [0.3, 0.4) is 0 Å². The lowest BCUT2D eigenvalue weighted by Gasteiger charge is -2.09. The first-order valence-corrected chi connectivity index (χ1v) is 7.57. The van der Waals surface area contributed by atoms with Gasteiger partial charge in [-0.3, -0.25) is 4.72 Å². The summed E-state index contributed by atoms with van der Waals surface area (Å²) in [5.41, 5.74) is 1.77.